The molecule has 0 fully saturated rings. The van der Waals surface area contributed by atoms with Gasteiger partial charge in [-0.1, -0.05) is 12.1 Å². The zero-order valence-electron chi connectivity index (χ0n) is 13.9. The van der Waals surface area contributed by atoms with Crippen molar-refractivity contribution in [2.24, 2.45) is 0 Å². The number of nitrogens with one attached hydrogen (secondary N) is 3. The van der Waals surface area contributed by atoms with Gasteiger partial charge in [0.1, 0.15) is 11.5 Å². The molecule has 0 aliphatic carbocycles. The molecule has 0 atom stereocenters. The number of benzene rings is 1. The van der Waals surface area contributed by atoms with Crippen LogP contribution in [0.3, 0.4) is 0 Å². The van der Waals surface area contributed by atoms with Crippen LogP contribution >= 0.6 is 22.7 Å². The average Bonchev–Trinajstić information content (AvgIpc) is 3.29. The van der Waals surface area contributed by atoms with Gasteiger partial charge in [-0.15, -0.1) is 22.7 Å². The summed E-state index contributed by atoms with van der Waals surface area (Å²) in [7, 11) is 0. The summed E-state index contributed by atoms with van der Waals surface area (Å²) >= 11 is 2.31. The fraction of sp³-hybridized carbons (Fsp3) is 0.0588. The van der Waals surface area contributed by atoms with Crippen LogP contribution in [-0.4, -0.2) is 22.7 Å². The molecule has 138 valence electrons. The van der Waals surface area contributed by atoms with E-state index in [9.17, 15) is 18.8 Å². The molecular formula is C17H13FN4O3S2. The summed E-state index contributed by atoms with van der Waals surface area (Å²) < 4.78 is 13.0. The van der Waals surface area contributed by atoms with Crippen molar-refractivity contribution in [2.75, 3.05) is 5.32 Å². The van der Waals surface area contributed by atoms with Gasteiger partial charge in [-0.05, 0) is 29.8 Å². The molecule has 0 unspecified atom stereocenters. The third kappa shape index (κ3) is 4.74. The molecular weight excluding hydrogens is 391 g/mol. The first-order valence-electron chi connectivity index (χ1n) is 7.62. The average molecular weight is 404 g/mol. The van der Waals surface area contributed by atoms with Crippen molar-refractivity contribution in [3.63, 3.8) is 0 Å². The summed E-state index contributed by atoms with van der Waals surface area (Å²) in [5.74, 6) is -1.72. The molecule has 3 amide bonds. The van der Waals surface area contributed by atoms with Gasteiger partial charge in [-0.3, -0.25) is 25.2 Å². The lowest BCUT2D eigenvalue weighted by Gasteiger charge is -2.04. The van der Waals surface area contributed by atoms with Crippen LogP contribution < -0.4 is 16.2 Å². The first-order chi connectivity index (χ1) is 12.9. The van der Waals surface area contributed by atoms with Crippen molar-refractivity contribution in [2.45, 2.75) is 6.92 Å². The number of thiazole rings is 1. The molecule has 2 heterocycles. The van der Waals surface area contributed by atoms with Crippen molar-refractivity contribution in [3.8, 4) is 10.4 Å². The van der Waals surface area contributed by atoms with Gasteiger partial charge in [-0.2, -0.15) is 0 Å². The summed E-state index contributed by atoms with van der Waals surface area (Å²) in [5.41, 5.74) is 5.44. The van der Waals surface area contributed by atoms with Gasteiger partial charge >= 0.3 is 0 Å². The van der Waals surface area contributed by atoms with Crippen molar-refractivity contribution >= 4 is 45.5 Å². The Morgan fingerprint density at radius 2 is 1.70 bits per heavy atom. The Hall–Kier alpha value is -3.11. The molecule has 0 spiro atoms. The van der Waals surface area contributed by atoms with Crippen LogP contribution in [0.5, 0.6) is 0 Å². The van der Waals surface area contributed by atoms with E-state index in [1.807, 2.05) is 0 Å². The highest BCUT2D eigenvalue weighted by molar-refractivity contribution is 7.17. The van der Waals surface area contributed by atoms with Gasteiger partial charge in [0.05, 0.1) is 4.88 Å². The standard InChI is InChI=1S/C17H13FN4O3S2/c1-9(23)19-17-20-12(8-26-17)15(24)21-22-16(25)14-7-6-13(27-14)10-2-4-11(18)5-3-10/h2-8H,1H3,(H,21,24)(H,22,25)(H,19,20,23). The first kappa shape index (κ1) is 18.7. The predicted molar refractivity (Wildman–Crippen MR) is 101 cm³/mol. The van der Waals surface area contributed by atoms with Crippen LogP contribution in [0.15, 0.2) is 41.8 Å². The summed E-state index contributed by atoms with van der Waals surface area (Å²) in [6, 6.07) is 9.30. The highest BCUT2D eigenvalue weighted by atomic mass is 32.1. The molecule has 0 radical (unpaired) electrons. The van der Waals surface area contributed by atoms with Crippen molar-refractivity contribution in [1.29, 1.82) is 0 Å². The predicted octanol–water partition coefficient (Wildman–Crippen LogP) is 3.04. The Balaban J connectivity index is 1.59. The van der Waals surface area contributed by atoms with E-state index in [-0.39, 0.29) is 17.4 Å². The number of carbonyl (C=O) groups is 3. The quantitative estimate of drug-likeness (QED) is 0.582. The molecule has 27 heavy (non-hydrogen) atoms. The number of hydrogen-bond acceptors (Lipinski definition) is 6. The van der Waals surface area contributed by atoms with Crippen LogP contribution in [0.25, 0.3) is 10.4 Å². The second-order valence-electron chi connectivity index (χ2n) is 5.30. The zero-order chi connectivity index (χ0) is 19.4. The molecule has 7 nitrogen and oxygen atoms in total. The maximum absolute atomic E-state index is 13.0. The number of rotatable bonds is 4. The minimum atomic E-state index is -0.605. The topological polar surface area (TPSA) is 100 Å². The van der Waals surface area contributed by atoms with E-state index in [0.29, 0.717) is 10.0 Å². The molecule has 3 N–H and O–H groups in total. The van der Waals surface area contributed by atoms with Gasteiger partial charge in [0.15, 0.2) is 5.13 Å². The Morgan fingerprint density at radius 3 is 2.41 bits per heavy atom. The normalized spacial score (nSPS) is 10.3. The van der Waals surface area contributed by atoms with Crippen molar-refractivity contribution < 1.29 is 18.8 Å². The second kappa shape index (κ2) is 8.06. The number of carbonyl (C=O) groups excluding carboxylic acids is 3. The monoisotopic (exact) mass is 404 g/mol. The van der Waals surface area contributed by atoms with E-state index in [1.54, 1.807) is 24.3 Å². The lowest BCUT2D eigenvalue weighted by molar-refractivity contribution is -0.114. The number of hydrogen-bond donors (Lipinski definition) is 3. The van der Waals surface area contributed by atoms with Crippen molar-refractivity contribution in [3.05, 3.63) is 58.2 Å². The van der Waals surface area contributed by atoms with Gasteiger partial charge in [0.25, 0.3) is 11.8 Å². The molecule has 0 bridgehead atoms. The minimum Gasteiger partial charge on any atom is -0.302 e. The van der Waals surface area contributed by atoms with Crippen LogP contribution in [0.4, 0.5) is 9.52 Å². The number of hydrazine groups is 1. The molecule has 1 aromatic carbocycles. The smallest absolute Gasteiger partial charge is 0.289 e. The number of nitrogens with zero attached hydrogens (tertiary/aromatic N) is 1. The molecule has 10 heteroatoms. The number of thiophene rings is 1. The highest BCUT2D eigenvalue weighted by Gasteiger charge is 2.14. The third-order valence-electron chi connectivity index (χ3n) is 3.27. The van der Waals surface area contributed by atoms with Gasteiger partial charge in [-0.25, -0.2) is 9.37 Å². The van der Waals surface area contributed by atoms with Crippen LogP contribution in [0.1, 0.15) is 27.1 Å². The molecule has 3 aromatic rings. The van der Waals surface area contributed by atoms with Crippen LogP contribution in [-0.2, 0) is 4.79 Å². The summed E-state index contributed by atoms with van der Waals surface area (Å²) in [4.78, 5) is 40.3. The van der Waals surface area contributed by atoms with E-state index in [0.717, 1.165) is 21.8 Å². The Morgan fingerprint density at radius 1 is 1.00 bits per heavy atom. The number of amides is 3. The number of halogens is 1. The van der Waals surface area contributed by atoms with Crippen molar-refractivity contribution in [1.82, 2.24) is 15.8 Å². The Kier molecular flexibility index (Phi) is 5.57. The fourth-order valence-electron chi connectivity index (χ4n) is 2.05. The molecule has 0 aliphatic rings. The van der Waals surface area contributed by atoms with E-state index >= 15 is 0 Å². The fourth-order valence-corrected chi connectivity index (χ4v) is 3.70. The second-order valence-corrected chi connectivity index (χ2v) is 7.24. The van der Waals surface area contributed by atoms with E-state index in [1.165, 1.54) is 35.8 Å². The molecule has 0 saturated heterocycles. The summed E-state index contributed by atoms with van der Waals surface area (Å²) in [6.45, 7) is 1.34. The SMILES string of the molecule is CC(=O)Nc1nc(C(=O)NNC(=O)c2ccc(-c3ccc(F)cc3)s2)cs1. The number of aromatic nitrogens is 1. The number of anilines is 1. The Bertz CT molecular complexity index is 998. The molecule has 3 rings (SSSR count). The Labute approximate surface area is 161 Å². The lowest BCUT2D eigenvalue weighted by Crippen LogP contribution is -2.41. The van der Waals surface area contributed by atoms with E-state index < -0.39 is 11.8 Å². The summed E-state index contributed by atoms with van der Waals surface area (Å²) in [6.07, 6.45) is 0. The van der Waals surface area contributed by atoms with Gasteiger partial charge in [0, 0.05) is 17.2 Å². The lowest BCUT2D eigenvalue weighted by atomic mass is 10.2. The highest BCUT2D eigenvalue weighted by Crippen LogP contribution is 2.28. The maximum atomic E-state index is 13.0. The zero-order valence-corrected chi connectivity index (χ0v) is 15.5. The van der Waals surface area contributed by atoms with E-state index in [4.69, 9.17) is 0 Å². The molecule has 0 aliphatic heterocycles. The summed E-state index contributed by atoms with van der Waals surface area (Å²) in [5, 5.41) is 4.23. The third-order valence-corrected chi connectivity index (χ3v) is 5.16. The van der Waals surface area contributed by atoms with Crippen LogP contribution in [0.2, 0.25) is 0 Å². The maximum Gasteiger partial charge on any atom is 0.289 e. The van der Waals surface area contributed by atoms with Crippen LogP contribution in [0, 0.1) is 5.82 Å². The van der Waals surface area contributed by atoms with E-state index in [2.05, 4.69) is 21.2 Å². The molecule has 2 aromatic heterocycles. The first-order valence-corrected chi connectivity index (χ1v) is 9.31. The molecule has 0 saturated carbocycles. The minimum absolute atomic E-state index is 0.0715. The van der Waals surface area contributed by atoms with Gasteiger partial charge in [0.2, 0.25) is 5.91 Å². The van der Waals surface area contributed by atoms with Gasteiger partial charge < -0.3 is 5.32 Å². The largest absolute Gasteiger partial charge is 0.302 e.